The van der Waals surface area contributed by atoms with Gasteiger partial charge in [-0.25, -0.2) is 4.98 Å². The summed E-state index contributed by atoms with van der Waals surface area (Å²) in [5.74, 6) is 4.83. The van der Waals surface area contributed by atoms with Crippen molar-refractivity contribution in [3.8, 4) is 62.8 Å². The molecule has 0 atom stereocenters. The van der Waals surface area contributed by atoms with Gasteiger partial charge in [0.1, 0.15) is 5.69 Å². The minimum Gasteiger partial charge on any atom is -0.453 e. The van der Waals surface area contributed by atoms with Crippen LogP contribution in [0.25, 0.3) is 61.7 Å². The van der Waals surface area contributed by atoms with E-state index in [-0.39, 0.29) is 0 Å². The molecule has 7 nitrogen and oxygen atoms in total. The van der Waals surface area contributed by atoms with Crippen molar-refractivity contribution in [3.05, 3.63) is 164 Å². The van der Waals surface area contributed by atoms with E-state index in [0.29, 0.717) is 17.6 Å². The number of ether oxygens (including phenoxy) is 2. The van der Waals surface area contributed by atoms with Crippen LogP contribution in [-0.2, 0) is 0 Å². The quantitative estimate of drug-likeness (QED) is 0.186. The van der Waals surface area contributed by atoms with Gasteiger partial charge in [0.05, 0.1) is 22.4 Å². The lowest BCUT2D eigenvalue weighted by molar-refractivity contribution is 0.446. The topological polar surface area (TPSA) is 65.3 Å². The second-order valence-electron chi connectivity index (χ2n) is 12.9. The molecule has 11 rings (SSSR count). The third-order valence-electron chi connectivity index (χ3n) is 9.81. The lowest BCUT2D eigenvalue weighted by Crippen LogP contribution is -2.20. The van der Waals surface area contributed by atoms with Crippen molar-refractivity contribution in [1.82, 2.24) is 19.5 Å². The number of hydrogen-bond acceptors (Lipinski definition) is 6. The summed E-state index contributed by atoms with van der Waals surface area (Å²) in [6.45, 7) is 0. The Kier molecular flexibility index (Phi) is 6.12. The van der Waals surface area contributed by atoms with Crippen molar-refractivity contribution < 1.29 is 9.47 Å². The summed E-state index contributed by atoms with van der Waals surface area (Å²) < 4.78 is 15.3. The fourth-order valence-corrected chi connectivity index (χ4v) is 7.45. The van der Waals surface area contributed by atoms with Gasteiger partial charge in [-0.1, -0.05) is 115 Å². The predicted octanol–water partition coefficient (Wildman–Crippen LogP) is 11.7. The van der Waals surface area contributed by atoms with Crippen LogP contribution in [0, 0.1) is 0 Å². The molecule has 0 N–H and O–H groups in total. The number of aromatic nitrogens is 4. The Morgan fingerprint density at radius 3 is 1.56 bits per heavy atom. The summed E-state index contributed by atoms with van der Waals surface area (Å²) in [6, 6.07) is 55.6. The Labute approximate surface area is 298 Å². The third kappa shape index (κ3) is 4.36. The van der Waals surface area contributed by atoms with Gasteiger partial charge in [-0.15, -0.1) is 0 Å². The molecule has 0 unspecified atom stereocenters. The Bertz CT molecular complexity index is 2740. The Morgan fingerprint density at radius 1 is 0.385 bits per heavy atom. The van der Waals surface area contributed by atoms with E-state index in [2.05, 4.69) is 76.2 Å². The maximum atomic E-state index is 6.59. The molecule has 4 heterocycles. The number of hydrogen-bond donors (Lipinski definition) is 0. The average Bonchev–Trinajstić information content (AvgIpc) is 3.55. The smallest absolute Gasteiger partial charge is 0.238 e. The zero-order valence-electron chi connectivity index (χ0n) is 27.6. The second kappa shape index (κ2) is 11.1. The zero-order chi connectivity index (χ0) is 34.2. The van der Waals surface area contributed by atoms with Crippen molar-refractivity contribution in [1.29, 1.82) is 0 Å². The van der Waals surface area contributed by atoms with Gasteiger partial charge in [0.25, 0.3) is 0 Å². The van der Waals surface area contributed by atoms with Crippen LogP contribution in [0.4, 0.5) is 17.1 Å². The van der Waals surface area contributed by atoms with Gasteiger partial charge >= 0.3 is 0 Å². The summed E-state index contributed by atoms with van der Waals surface area (Å²) in [5, 5.41) is 2.21. The van der Waals surface area contributed by atoms with Crippen LogP contribution >= 0.6 is 0 Å². The van der Waals surface area contributed by atoms with E-state index in [1.54, 1.807) is 0 Å². The molecule has 244 valence electrons. The molecule has 7 aromatic carbocycles. The largest absolute Gasteiger partial charge is 0.453 e. The summed E-state index contributed by atoms with van der Waals surface area (Å²) >= 11 is 0. The third-order valence-corrected chi connectivity index (χ3v) is 9.81. The maximum absolute atomic E-state index is 6.59. The number of para-hydroxylation sites is 5. The first-order valence-corrected chi connectivity index (χ1v) is 17.2. The van der Waals surface area contributed by atoms with Crippen LogP contribution in [0.15, 0.2) is 164 Å². The minimum absolute atomic E-state index is 0.548. The first-order valence-electron chi connectivity index (χ1n) is 17.2. The number of nitrogens with zero attached hydrogens (tertiary/aromatic N) is 5. The Hall–Kier alpha value is -7.25. The van der Waals surface area contributed by atoms with E-state index in [4.69, 9.17) is 24.4 Å². The van der Waals surface area contributed by atoms with E-state index in [1.807, 2.05) is 97.1 Å². The molecule has 0 spiro atoms. The van der Waals surface area contributed by atoms with Crippen molar-refractivity contribution >= 4 is 38.9 Å². The van der Waals surface area contributed by atoms with Gasteiger partial charge in [0.2, 0.25) is 5.95 Å². The van der Waals surface area contributed by atoms with Crippen molar-refractivity contribution in [2.24, 2.45) is 0 Å². The fourth-order valence-electron chi connectivity index (χ4n) is 7.45. The number of anilines is 3. The van der Waals surface area contributed by atoms with Crippen LogP contribution in [0.5, 0.6) is 23.0 Å². The predicted molar refractivity (Wildman–Crippen MR) is 205 cm³/mol. The normalized spacial score (nSPS) is 12.5. The van der Waals surface area contributed by atoms with Crippen LogP contribution in [0.3, 0.4) is 0 Å². The van der Waals surface area contributed by atoms with Gasteiger partial charge in [0.15, 0.2) is 34.6 Å². The molecular formula is C45H27N5O2. The Morgan fingerprint density at radius 2 is 0.923 bits per heavy atom. The van der Waals surface area contributed by atoms with E-state index in [0.717, 1.165) is 84.1 Å². The van der Waals surface area contributed by atoms with E-state index >= 15 is 0 Å². The lowest BCUT2D eigenvalue weighted by Gasteiger charge is -2.38. The molecule has 0 aliphatic carbocycles. The van der Waals surface area contributed by atoms with Crippen molar-refractivity contribution in [3.63, 3.8) is 0 Å². The number of rotatable bonds is 4. The zero-order valence-corrected chi connectivity index (χ0v) is 27.6. The van der Waals surface area contributed by atoms with E-state index < -0.39 is 0 Å². The van der Waals surface area contributed by atoms with Crippen LogP contribution < -0.4 is 14.4 Å². The first-order chi connectivity index (χ1) is 25.8. The molecule has 52 heavy (non-hydrogen) atoms. The summed E-state index contributed by atoms with van der Waals surface area (Å²) in [6.07, 6.45) is 0. The molecular weight excluding hydrogens is 643 g/mol. The first kappa shape index (κ1) is 28.6. The van der Waals surface area contributed by atoms with Gasteiger partial charge in [-0.3, -0.25) is 9.47 Å². The highest BCUT2D eigenvalue weighted by molar-refractivity contribution is 6.10. The molecule has 2 aliphatic heterocycles. The molecule has 0 bridgehead atoms. The molecule has 7 heteroatoms. The van der Waals surface area contributed by atoms with Crippen LogP contribution in [0.2, 0.25) is 0 Å². The highest BCUT2D eigenvalue weighted by Gasteiger charge is 2.35. The fraction of sp³-hybridized carbons (Fsp3) is 0. The molecule has 2 aromatic heterocycles. The van der Waals surface area contributed by atoms with Gasteiger partial charge in [-0.05, 0) is 59.7 Å². The van der Waals surface area contributed by atoms with Gasteiger partial charge < -0.3 is 9.47 Å². The molecule has 9 aromatic rings. The minimum atomic E-state index is 0.548. The SMILES string of the molecule is c1ccc(-c2nc(-c3ccccc3)nc(-n3c4ccccc4c4ccc(-c5cc6c7c(c5)Oc5ccccc5N7c5ccccc5O6)cc43)n2)cc1. The van der Waals surface area contributed by atoms with Gasteiger partial charge in [-0.2, -0.15) is 9.97 Å². The maximum Gasteiger partial charge on any atom is 0.238 e. The standard InChI is InChI=1S/C45H27N5O2/c1-3-13-28(14-4-1)43-46-44(29-15-5-2-6-16-29)48-45(47-43)50-34-18-8-7-17-32(34)33-24-23-30(25-37(33)50)31-26-40-42-41(27-31)52-39-22-12-10-20-36(39)49(42)35-19-9-11-21-38(35)51-40/h1-27H. The Balaban J connectivity index is 1.13. The molecule has 0 amide bonds. The van der Waals surface area contributed by atoms with Crippen molar-refractivity contribution in [2.75, 3.05) is 4.90 Å². The highest BCUT2D eigenvalue weighted by atomic mass is 16.5. The number of benzene rings is 7. The highest BCUT2D eigenvalue weighted by Crippen LogP contribution is 2.60. The molecule has 0 fully saturated rings. The summed E-state index contributed by atoms with van der Waals surface area (Å²) in [5.41, 5.74) is 8.66. The average molecular weight is 670 g/mol. The lowest BCUT2D eigenvalue weighted by atomic mass is 10.00. The summed E-state index contributed by atoms with van der Waals surface area (Å²) in [7, 11) is 0. The molecule has 0 saturated carbocycles. The number of fused-ring (bicyclic) bond motifs is 7. The second-order valence-corrected chi connectivity index (χ2v) is 12.9. The van der Waals surface area contributed by atoms with Crippen LogP contribution in [0.1, 0.15) is 0 Å². The van der Waals surface area contributed by atoms with Crippen LogP contribution in [-0.4, -0.2) is 19.5 Å². The van der Waals surface area contributed by atoms with E-state index in [1.165, 1.54) is 0 Å². The van der Waals surface area contributed by atoms with Crippen molar-refractivity contribution in [2.45, 2.75) is 0 Å². The molecule has 0 radical (unpaired) electrons. The van der Waals surface area contributed by atoms with Gasteiger partial charge in [0, 0.05) is 21.9 Å². The summed E-state index contributed by atoms with van der Waals surface area (Å²) in [4.78, 5) is 17.4. The molecule has 2 aliphatic rings. The molecule has 0 saturated heterocycles. The van der Waals surface area contributed by atoms with E-state index in [9.17, 15) is 0 Å². The monoisotopic (exact) mass is 669 g/mol.